The van der Waals surface area contributed by atoms with Crippen LogP contribution in [0.1, 0.15) is 38.5 Å². The number of carbonyl (C=O) groups is 3. The third kappa shape index (κ3) is 2.69. The van der Waals surface area contributed by atoms with Crippen molar-refractivity contribution in [3.8, 4) is 0 Å². The molecular weight excluding hydrogens is 286 g/mol. The predicted octanol–water partition coefficient (Wildman–Crippen LogP) is 0.487. The Hall–Kier alpha value is -1.63. The summed E-state index contributed by atoms with van der Waals surface area (Å²) in [6.07, 6.45) is 4.01. The van der Waals surface area contributed by atoms with E-state index in [1.165, 1.54) is 4.90 Å². The van der Waals surface area contributed by atoms with Crippen LogP contribution in [0.5, 0.6) is 0 Å². The Balaban J connectivity index is 1.63. The van der Waals surface area contributed by atoms with E-state index >= 15 is 0 Å². The number of amides is 4. The van der Waals surface area contributed by atoms with Gasteiger partial charge < -0.3 is 15.0 Å². The van der Waals surface area contributed by atoms with E-state index in [2.05, 4.69) is 5.32 Å². The first-order chi connectivity index (χ1) is 10.6. The van der Waals surface area contributed by atoms with E-state index in [0.29, 0.717) is 38.8 Å². The fraction of sp³-hybridized carbons (Fsp3) is 0.800. The molecule has 2 atom stereocenters. The topological polar surface area (TPSA) is 79.0 Å². The summed E-state index contributed by atoms with van der Waals surface area (Å²) in [7, 11) is 1.60. The fourth-order valence-electron chi connectivity index (χ4n) is 4.04. The van der Waals surface area contributed by atoms with E-state index in [1.54, 1.807) is 7.11 Å². The van der Waals surface area contributed by atoms with Crippen molar-refractivity contribution in [2.24, 2.45) is 0 Å². The number of imide groups is 1. The summed E-state index contributed by atoms with van der Waals surface area (Å²) in [6.45, 7) is 0.992. The monoisotopic (exact) mass is 309 g/mol. The Morgan fingerprint density at radius 3 is 2.27 bits per heavy atom. The Morgan fingerprint density at radius 2 is 1.73 bits per heavy atom. The SMILES string of the molecule is COCCNC(=O)N1C2CCC1CC(N1C(=O)CCC1=O)C2. The van der Waals surface area contributed by atoms with Crippen LogP contribution in [0, 0.1) is 0 Å². The van der Waals surface area contributed by atoms with Gasteiger partial charge in [0.05, 0.1) is 6.61 Å². The van der Waals surface area contributed by atoms with Crippen molar-refractivity contribution in [1.82, 2.24) is 15.1 Å². The first kappa shape index (κ1) is 15.3. The normalized spacial score (nSPS) is 31.0. The van der Waals surface area contributed by atoms with Gasteiger partial charge in [-0.2, -0.15) is 0 Å². The van der Waals surface area contributed by atoms with E-state index in [1.807, 2.05) is 4.90 Å². The third-order valence-electron chi connectivity index (χ3n) is 4.98. The van der Waals surface area contributed by atoms with Crippen molar-refractivity contribution in [2.45, 2.75) is 56.7 Å². The van der Waals surface area contributed by atoms with Gasteiger partial charge in [0.25, 0.3) is 0 Å². The molecule has 0 aromatic heterocycles. The van der Waals surface area contributed by atoms with Gasteiger partial charge in [0.15, 0.2) is 0 Å². The van der Waals surface area contributed by atoms with Gasteiger partial charge in [-0.3, -0.25) is 14.5 Å². The van der Waals surface area contributed by atoms with Crippen LogP contribution in [-0.4, -0.2) is 66.0 Å². The van der Waals surface area contributed by atoms with Gasteiger partial charge in [0.2, 0.25) is 11.8 Å². The molecule has 3 rings (SSSR count). The largest absolute Gasteiger partial charge is 0.383 e. The molecule has 0 aromatic rings. The lowest BCUT2D eigenvalue weighted by Crippen LogP contribution is -2.56. The molecule has 2 unspecified atom stereocenters. The Morgan fingerprint density at radius 1 is 1.14 bits per heavy atom. The van der Waals surface area contributed by atoms with E-state index in [9.17, 15) is 14.4 Å². The van der Waals surface area contributed by atoms with Gasteiger partial charge >= 0.3 is 6.03 Å². The molecule has 3 saturated heterocycles. The van der Waals surface area contributed by atoms with Crippen molar-refractivity contribution in [3.63, 3.8) is 0 Å². The number of carbonyl (C=O) groups excluding carboxylic acids is 3. The lowest BCUT2D eigenvalue weighted by Gasteiger charge is -2.41. The number of likely N-dealkylation sites (tertiary alicyclic amines) is 1. The van der Waals surface area contributed by atoms with Crippen molar-refractivity contribution in [1.29, 1.82) is 0 Å². The fourth-order valence-corrected chi connectivity index (χ4v) is 4.04. The molecule has 22 heavy (non-hydrogen) atoms. The van der Waals surface area contributed by atoms with Crippen LogP contribution in [0.15, 0.2) is 0 Å². The number of rotatable bonds is 4. The molecule has 0 saturated carbocycles. The number of urea groups is 1. The van der Waals surface area contributed by atoms with Crippen LogP contribution in [-0.2, 0) is 14.3 Å². The highest BCUT2D eigenvalue weighted by atomic mass is 16.5. The molecule has 3 aliphatic rings. The van der Waals surface area contributed by atoms with Gasteiger partial charge in [-0.15, -0.1) is 0 Å². The van der Waals surface area contributed by atoms with Gasteiger partial charge in [0, 0.05) is 44.6 Å². The summed E-state index contributed by atoms with van der Waals surface area (Å²) in [6, 6.07) is 0.185. The average molecular weight is 309 g/mol. The van der Waals surface area contributed by atoms with Crippen LogP contribution in [0.4, 0.5) is 4.79 Å². The zero-order valence-corrected chi connectivity index (χ0v) is 12.9. The minimum atomic E-state index is -0.0536. The zero-order chi connectivity index (χ0) is 15.7. The quantitative estimate of drug-likeness (QED) is 0.605. The summed E-state index contributed by atoms with van der Waals surface area (Å²) in [5, 5.41) is 2.87. The number of nitrogens with one attached hydrogen (secondary N) is 1. The lowest BCUT2D eigenvalue weighted by molar-refractivity contribution is -0.142. The molecule has 3 fully saturated rings. The van der Waals surface area contributed by atoms with Crippen molar-refractivity contribution >= 4 is 17.8 Å². The summed E-state index contributed by atoms with van der Waals surface area (Å²) in [5.74, 6) is -0.0974. The Bertz CT molecular complexity index is 451. The molecule has 4 amide bonds. The maximum atomic E-state index is 12.3. The van der Waals surface area contributed by atoms with Crippen molar-refractivity contribution in [2.75, 3.05) is 20.3 Å². The number of fused-ring (bicyclic) bond motifs is 2. The highest BCUT2D eigenvalue weighted by Gasteiger charge is 2.47. The number of hydrogen-bond donors (Lipinski definition) is 1. The standard InChI is InChI=1S/C15H23N3O4/c1-22-7-6-16-15(21)17-10-2-3-11(17)9-12(8-10)18-13(19)4-5-14(18)20/h10-12H,2-9H2,1H3,(H,16,21). The third-order valence-corrected chi connectivity index (χ3v) is 4.98. The van der Waals surface area contributed by atoms with Crippen molar-refractivity contribution < 1.29 is 19.1 Å². The highest BCUT2D eigenvalue weighted by Crippen LogP contribution is 2.38. The molecular formula is C15H23N3O4. The average Bonchev–Trinajstić information content (AvgIpc) is 2.96. The second-order valence-electron chi connectivity index (χ2n) is 6.30. The maximum Gasteiger partial charge on any atom is 0.317 e. The predicted molar refractivity (Wildman–Crippen MR) is 78.0 cm³/mol. The molecule has 0 spiro atoms. The van der Waals surface area contributed by atoms with Crippen LogP contribution in [0.2, 0.25) is 0 Å². The molecule has 0 radical (unpaired) electrons. The minimum Gasteiger partial charge on any atom is -0.383 e. The van der Waals surface area contributed by atoms with Crippen LogP contribution in [0.25, 0.3) is 0 Å². The maximum absolute atomic E-state index is 12.3. The van der Waals surface area contributed by atoms with E-state index in [0.717, 1.165) is 12.8 Å². The second kappa shape index (κ2) is 6.24. The molecule has 3 heterocycles. The summed E-state index contributed by atoms with van der Waals surface area (Å²) in [5.41, 5.74) is 0. The number of piperidine rings is 1. The molecule has 2 bridgehead atoms. The van der Waals surface area contributed by atoms with Gasteiger partial charge in [-0.05, 0) is 25.7 Å². The summed E-state index contributed by atoms with van der Waals surface area (Å²) < 4.78 is 4.94. The van der Waals surface area contributed by atoms with E-state index in [4.69, 9.17) is 4.74 Å². The van der Waals surface area contributed by atoms with Crippen LogP contribution < -0.4 is 5.32 Å². The smallest absolute Gasteiger partial charge is 0.317 e. The van der Waals surface area contributed by atoms with Crippen molar-refractivity contribution in [3.05, 3.63) is 0 Å². The number of hydrogen-bond acceptors (Lipinski definition) is 4. The summed E-state index contributed by atoms with van der Waals surface area (Å²) >= 11 is 0. The van der Waals surface area contributed by atoms with Gasteiger partial charge in [-0.25, -0.2) is 4.79 Å². The molecule has 1 N–H and O–H groups in total. The highest BCUT2D eigenvalue weighted by molar-refractivity contribution is 6.02. The number of nitrogens with zero attached hydrogens (tertiary/aromatic N) is 2. The first-order valence-corrected chi connectivity index (χ1v) is 8.01. The second-order valence-corrected chi connectivity index (χ2v) is 6.30. The van der Waals surface area contributed by atoms with Gasteiger partial charge in [-0.1, -0.05) is 0 Å². The first-order valence-electron chi connectivity index (χ1n) is 8.01. The molecule has 7 heteroatoms. The summed E-state index contributed by atoms with van der Waals surface area (Å²) in [4.78, 5) is 39.5. The van der Waals surface area contributed by atoms with Crippen LogP contribution >= 0.6 is 0 Å². The van der Waals surface area contributed by atoms with Gasteiger partial charge in [0.1, 0.15) is 0 Å². The molecule has 0 aliphatic carbocycles. The molecule has 7 nitrogen and oxygen atoms in total. The van der Waals surface area contributed by atoms with E-state index in [-0.39, 0.29) is 36.0 Å². The Labute approximate surface area is 129 Å². The number of methoxy groups -OCH3 is 1. The molecule has 3 aliphatic heterocycles. The minimum absolute atomic E-state index is 0.0250. The lowest BCUT2D eigenvalue weighted by atomic mass is 9.96. The molecule has 0 aromatic carbocycles. The Kier molecular flexibility index (Phi) is 4.33. The number of ether oxygens (including phenoxy) is 1. The van der Waals surface area contributed by atoms with E-state index < -0.39 is 0 Å². The molecule has 122 valence electrons. The zero-order valence-electron chi connectivity index (χ0n) is 12.9. The van der Waals surface area contributed by atoms with Crippen LogP contribution in [0.3, 0.4) is 0 Å².